The maximum absolute atomic E-state index is 5.77. The summed E-state index contributed by atoms with van der Waals surface area (Å²) in [5.41, 5.74) is 7.97. The smallest absolute Gasteiger partial charge is 0.204 e. The fourth-order valence-electron chi connectivity index (χ4n) is 1.92. The van der Waals surface area contributed by atoms with Gasteiger partial charge in [0.15, 0.2) is 11.6 Å². The maximum Gasteiger partial charge on any atom is 0.204 e. The lowest BCUT2D eigenvalue weighted by Gasteiger charge is -2.15. The van der Waals surface area contributed by atoms with E-state index in [9.17, 15) is 0 Å². The molecule has 5 heteroatoms. The predicted octanol–water partition coefficient (Wildman–Crippen LogP) is 2.93. The molecule has 0 amide bonds. The summed E-state index contributed by atoms with van der Waals surface area (Å²) in [6.07, 6.45) is 1.41. The number of nitrogens with one attached hydrogen (secondary N) is 1. The van der Waals surface area contributed by atoms with Gasteiger partial charge in [0, 0.05) is 5.69 Å². The lowest BCUT2D eigenvalue weighted by molar-refractivity contribution is 0.415. The summed E-state index contributed by atoms with van der Waals surface area (Å²) in [5.74, 6) is 1.76. The normalized spacial score (nSPS) is 10.5. The van der Waals surface area contributed by atoms with Gasteiger partial charge in [0.25, 0.3) is 0 Å². The first kappa shape index (κ1) is 13.1. The first-order chi connectivity index (χ1) is 9.13. The van der Waals surface area contributed by atoms with E-state index >= 15 is 0 Å². The van der Waals surface area contributed by atoms with Crippen molar-refractivity contribution in [1.82, 2.24) is 9.97 Å². The lowest BCUT2D eigenvalue weighted by Crippen LogP contribution is -2.04. The van der Waals surface area contributed by atoms with E-state index in [1.807, 2.05) is 18.2 Å². The van der Waals surface area contributed by atoms with Crippen LogP contribution < -0.4 is 15.8 Å². The van der Waals surface area contributed by atoms with E-state index in [0.717, 1.165) is 5.69 Å². The van der Waals surface area contributed by atoms with Crippen molar-refractivity contribution in [1.29, 1.82) is 0 Å². The van der Waals surface area contributed by atoms with Gasteiger partial charge in [-0.1, -0.05) is 32.0 Å². The minimum atomic E-state index is 0.321. The van der Waals surface area contributed by atoms with Gasteiger partial charge in [-0.2, -0.15) is 0 Å². The van der Waals surface area contributed by atoms with Crippen LogP contribution in [0.5, 0.6) is 5.75 Å². The van der Waals surface area contributed by atoms with Crippen LogP contribution in [0.4, 0.5) is 17.3 Å². The molecule has 0 spiro atoms. The molecule has 0 unspecified atom stereocenters. The van der Waals surface area contributed by atoms with Crippen LogP contribution in [0.2, 0.25) is 0 Å². The Morgan fingerprint density at radius 2 is 1.95 bits per heavy atom. The maximum atomic E-state index is 5.77. The summed E-state index contributed by atoms with van der Waals surface area (Å²) >= 11 is 0. The van der Waals surface area contributed by atoms with Crippen LogP contribution in [0.3, 0.4) is 0 Å². The topological polar surface area (TPSA) is 73.1 Å². The number of methoxy groups -OCH3 is 1. The van der Waals surface area contributed by atoms with Gasteiger partial charge >= 0.3 is 0 Å². The largest absolute Gasteiger partial charge is 0.490 e. The van der Waals surface area contributed by atoms with Gasteiger partial charge in [-0.15, -0.1) is 0 Å². The van der Waals surface area contributed by atoms with Gasteiger partial charge in [-0.25, -0.2) is 9.97 Å². The standard InChI is InChI=1S/C14H18N4O/c1-9(2)10-6-4-5-7-11(10)18-14-12(19-3)13(15)16-8-17-14/h4-9H,1-3H3,(H3,15,16,17,18). The highest BCUT2D eigenvalue weighted by Crippen LogP contribution is 2.32. The Morgan fingerprint density at radius 3 is 2.63 bits per heavy atom. The van der Waals surface area contributed by atoms with E-state index in [1.54, 1.807) is 7.11 Å². The molecule has 0 fully saturated rings. The number of aromatic nitrogens is 2. The number of nitrogens with zero attached hydrogens (tertiary/aromatic N) is 2. The first-order valence-electron chi connectivity index (χ1n) is 6.14. The first-order valence-corrected chi connectivity index (χ1v) is 6.14. The molecular weight excluding hydrogens is 240 g/mol. The highest BCUT2D eigenvalue weighted by Gasteiger charge is 2.12. The average Bonchev–Trinajstić information content (AvgIpc) is 2.39. The van der Waals surface area contributed by atoms with E-state index in [4.69, 9.17) is 10.5 Å². The van der Waals surface area contributed by atoms with Gasteiger partial charge in [-0.3, -0.25) is 0 Å². The molecule has 0 radical (unpaired) electrons. The third-order valence-electron chi connectivity index (χ3n) is 2.87. The molecule has 0 aliphatic heterocycles. The summed E-state index contributed by atoms with van der Waals surface area (Å²) in [7, 11) is 1.55. The van der Waals surface area contributed by atoms with E-state index < -0.39 is 0 Å². The van der Waals surface area contributed by atoms with E-state index in [-0.39, 0.29) is 0 Å². The third kappa shape index (κ3) is 2.76. The van der Waals surface area contributed by atoms with Crippen molar-refractivity contribution < 1.29 is 4.74 Å². The number of para-hydroxylation sites is 1. The monoisotopic (exact) mass is 258 g/mol. The van der Waals surface area contributed by atoms with Crippen molar-refractivity contribution in [2.24, 2.45) is 0 Å². The number of nitrogen functional groups attached to an aromatic ring is 1. The lowest BCUT2D eigenvalue weighted by atomic mass is 10.0. The summed E-state index contributed by atoms with van der Waals surface area (Å²) in [4.78, 5) is 8.09. The zero-order valence-electron chi connectivity index (χ0n) is 11.3. The van der Waals surface area contributed by atoms with E-state index in [2.05, 4.69) is 35.2 Å². The second-order valence-electron chi connectivity index (χ2n) is 4.51. The van der Waals surface area contributed by atoms with Crippen LogP contribution in [0.25, 0.3) is 0 Å². The molecule has 1 aromatic carbocycles. The van der Waals surface area contributed by atoms with Crippen LogP contribution in [-0.4, -0.2) is 17.1 Å². The van der Waals surface area contributed by atoms with Crippen molar-refractivity contribution >= 4 is 17.3 Å². The average molecular weight is 258 g/mol. The van der Waals surface area contributed by atoms with Crippen molar-refractivity contribution in [3.63, 3.8) is 0 Å². The summed E-state index contributed by atoms with van der Waals surface area (Å²) < 4.78 is 5.24. The van der Waals surface area contributed by atoms with Gasteiger partial charge in [0.05, 0.1) is 7.11 Å². The number of hydrogen-bond acceptors (Lipinski definition) is 5. The molecule has 0 atom stereocenters. The Kier molecular flexibility index (Phi) is 3.85. The van der Waals surface area contributed by atoms with Gasteiger partial charge in [0.1, 0.15) is 6.33 Å². The van der Waals surface area contributed by atoms with Crippen molar-refractivity contribution in [3.05, 3.63) is 36.2 Å². The van der Waals surface area contributed by atoms with Crippen LogP contribution in [0.1, 0.15) is 25.3 Å². The molecule has 0 bridgehead atoms. The van der Waals surface area contributed by atoms with Gasteiger partial charge < -0.3 is 15.8 Å². The Balaban J connectivity index is 2.39. The van der Waals surface area contributed by atoms with Crippen LogP contribution >= 0.6 is 0 Å². The predicted molar refractivity (Wildman–Crippen MR) is 76.8 cm³/mol. The number of nitrogens with two attached hydrogens (primary N) is 1. The molecule has 2 rings (SSSR count). The second-order valence-corrected chi connectivity index (χ2v) is 4.51. The molecule has 0 aliphatic carbocycles. The third-order valence-corrected chi connectivity index (χ3v) is 2.87. The molecule has 1 heterocycles. The number of ether oxygens (including phenoxy) is 1. The Bertz CT molecular complexity index is 569. The molecule has 0 aliphatic rings. The minimum Gasteiger partial charge on any atom is -0.490 e. The van der Waals surface area contributed by atoms with Gasteiger partial charge in [-0.05, 0) is 17.5 Å². The molecule has 2 aromatic rings. The van der Waals surface area contributed by atoms with Crippen LogP contribution in [0, 0.1) is 0 Å². The molecule has 19 heavy (non-hydrogen) atoms. The number of hydrogen-bond donors (Lipinski definition) is 2. The molecule has 3 N–H and O–H groups in total. The Hall–Kier alpha value is -2.30. The number of anilines is 3. The van der Waals surface area contributed by atoms with Crippen molar-refractivity contribution in [2.45, 2.75) is 19.8 Å². The quantitative estimate of drug-likeness (QED) is 0.882. The van der Waals surface area contributed by atoms with Gasteiger partial charge in [0.2, 0.25) is 5.75 Å². The molecule has 5 nitrogen and oxygen atoms in total. The Labute approximate surface area is 112 Å². The van der Waals surface area contributed by atoms with Crippen LogP contribution in [0.15, 0.2) is 30.6 Å². The SMILES string of the molecule is COc1c(N)ncnc1Nc1ccccc1C(C)C. The van der Waals surface area contributed by atoms with Crippen molar-refractivity contribution in [3.8, 4) is 5.75 Å². The molecular formula is C14H18N4O. The summed E-state index contributed by atoms with van der Waals surface area (Å²) in [6, 6.07) is 8.09. The summed E-state index contributed by atoms with van der Waals surface area (Å²) in [5, 5.41) is 3.26. The minimum absolute atomic E-state index is 0.321. The van der Waals surface area contributed by atoms with Crippen LogP contribution in [-0.2, 0) is 0 Å². The van der Waals surface area contributed by atoms with E-state index in [1.165, 1.54) is 11.9 Å². The van der Waals surface area contributed by atoms with E-state index in [0.29, 0.717) is 23.3 Å². The zero-order chi connectivity index (χ0) is 13.8. The number of benzene rings is 1. The number of rotatable bonds is 4. The summed E-state index contributed by atoms with van der Waals surface area (Å²) in [6.45, 7) is 4.29. The fraction of sp³-hybridized carbons (Fsp3) is 0.286. The second kappa shape index (κ2) is 5.56. The molecule has 0 saturated heterocycles. The van der Waals surface area contributed by atoms with Crippen molar-refractivity contribution in [2.75, 3.05) is 18.2 Å². The molecule has 100 valence electrons. The highest BCUT2D eigenvalue weighted by molar-refractivity contribution is 5.70. The fourth-order valence-corrected chi connectivity index (χ4v) is 1.92. The molecule has 0 saturated carbocycles. The highest BCUT2D eigenvalue weighted by atomic mass is 16.5. The zero-order valence-corrected chi connectivity index (χ0v) is 11.3. The Morgan fingerprint density at radius 1 is 1.21 bits per heavy atom. The molecule has 1 aromatic heterocycles.